The number of carbonyl (C=O) groups is 2. The SMILES string of the molecule is CC1CCc2c(C(=O)N3CCC(C(=O)O)C3)csc2C1. The summed E-state index contributed by atoms with van der Waals surface area (Å²) in [4.78, 5) is 26.6. The summed E-state index contributed by atoms with van der Waals surface area (Å²) >= 11 is 1.69. The number of aliphatic carboxylic acids is 1. The number of carboxylic acids is 1. The fraction of sp³-hybridized carbons (Fsp3) is 0.600. The lowest BCUT2D eigenvalue weighted by atomic mass is 9.88. The number of fused-ring (bicyclic) bond motifs is 1. The second-order valence-electron chi connectivity index (χ2n) is 5.97. The second kappa shape index (κ2) is 5.20. The third kappa shape index (κ3) is 2.35. The van der Waals surface area contributed by atoms with Crippen LogP contribution in [-0.4, -0.2) is 35.0 Å². The van der Waals surface area contributed by atoms with E-state index < -0.39 is 11.9 Å². The average Bonchev–Trinajstić information content (AvgIpc) is 3.04. The van der Waals surface area contributed by atoms with Crippen LogP contribution in [0.4, 0.5) is 0 Å². The van der Waals surface area contributed by atoms with Gasteiger partial charge in [-0.1, -0.05) is 6.92 Å². The highest BCUT2D eigenvalue weighted by molar-refractivity contribution is 7.10. The lowest BCUT2D eigenvalue weighted by molar-refractivity contribution is -0.141. The minimum atomic E-state index is -0.790. The van der Waals surface area contributed by atoms with Gasteiger partial charge in [-0.25, -0.2) is 0 Å². The lowest BCUT2D eigenvalue weighted by Gasteiger charge is -2.21. The Balaban J connectivity index is 1.77. The summed E-state index contributed by atoms with van der Waals surface area (Å²) < 4.78 is 0. The normalized spacial score (nSPS) is 25.6. The maximum absolute atomic E-state index is 12.6. The molecule has 1 aromatic heterocycles. The van der Waals surface area contributed by atoms with Crippen molar-refractivity contribution >= 4 is 23.2 Å². The van der Waals surface area contributed by atoms with Gasteiger partial charge in [0.1, 0.15) is 0 Å². The molecular formula is C15H19NO3S. The van der Waals surface area contributed by atoms with Gasteiger partial charge < -0.3 is 10.0 Å². The predicted molar refractivity (Wildman–Crippen MR) is 77.2 cm³/mol. The molecule has 20 heavy (non-hydrogen) atoms. The van der Waals surface area contributed by atoms with Crippen LogP contribution < -0.4 is 0 Å². The average molecular weight is 293 g/mol. The van der Waals surface area contributed by atoms with E-state index in [1.54, 1.807) is 16.2 Å². The molecule has 3 rings (SSSR count). The van der Waals surface area contributed by atoms with Crippen molar-refractivity contribution in [1.29, 1.82) is 0 Å². The molecule has 2 atom stereocenters. The van der Waals surface area contributed by atoms with Gasteiger partial charge in [-0.2, -0.15) is 0 Å². The summed E-state index contributed by atoms with van der Waals surface area (Å²) in [5.41, 5.74) is 2.04. The minimum absolute atomic E-state index is 0.0285. The van der Waals surface area contributed by atoms with E-state index in [-0.39, 0.29) is 5.91 Å². The molecule has 108 valence electrons. The zero-order chi connectivity index (χ0) is 14.3. The Bertz CT molecular complexity index is 551. The fourth-order valence-corrected chi connectivity index (χ4v) is 4.41. The summed E-state index contributed by atoms with van der Waals surface area (Å²) in [5.74, 6) is -0.456. The van der Waals surface area contributed by atoms with Crippen LogP contribution in [0.15, 0.2) is 5.38 Å². The van der Waals surface area contributed by atoms with Crippen LogP contribution in [0.1, 0.15) is 40.6 Å². The second-order valence-corrected chi connectivity index (χ2v) is 6.94. The first-order valence-corrected chi connectivity index (χ1v) is 8.05. The van der Waals surface area contributed by atoms with Crippen molar-refractivity contribution in [2.24, 2.45) is 11.8 Å². The standard InChI is InChI=1S/C15H19NO3S/c1-9-2-3-11-12(8-20-13(11)6-9)14(17)16-5-4-10(7-16)15(18)19/h8-10H,2-7H2,1H3,(H,18,19). The molecule has 4 nitrogen and oxygen atoms in total. The van der Waals surface area contributed by atoms with E-state index >= 15 is 0 Å². The predicted octanol–water partition coefficient (Wildman–Crippen LogP) is 2.42. The smallest absolute Gasteiger partial charge is 0.308 e. The van der Waals surface area contributed by atoms with Crippen molar-refractivity contribution in [2.45, 2.75) is 32.6 Å². The molecule has 0 aromatic carbocycles. The number of nitrogens with zero attached hydrogens (tertiary/aromatic N) is 1. The quantitative estimate of drug-likeness (QED) is 0.911. The van der Waals surface area contributed by atoms with Gasteiger partial charge in [0.2, 0.25) is 0 Å². The molecule has 2 unspecified atom stereocenters. The van der Waals surface area contributed by atoms with E-state index in [4.69, 9.17) is 5.11 Å². The van der Waals surface area contributed by atoms with Crippen molar-refractivity contribution in [3.8, 4) is 0 Å². The molecule has 1 aromatic rings. The van der Waals surface area contributed by atoms with Crippen LogP contribution in [0.25, 0.3) is 0 Å². The molecule has 1 N–H and O–H groups in total. The van der Waals surface area contributed by atoms with E-state index in [2.05, 4.69) is 6.92 Å². The van der Waals surface area contributed by atoms with Crippen LogP contribution in [-0.2, 0) is 17.6 Å². The Morgan fingerprint density at radius 3 is 2.90 bits per heavy atom. The Morgan fingerprint density at radius 2 is 2.20 bits per heavy atom. The molecule has 1 fully saturated rings. The number of carbonyl (C=O) groups excluding carboxylic acids is 1. The van der Waals surface area contributed by atoms with Crippen LogP contribution in [0, 0.1) is 11.8 Å². The van der Waals surface area contributed by atoms with Crippen molar-refractivity contribution in [3.05, 3.63) is 21.4 Å². The maximum Gasteiger partial charge on any atom is 0.308 e. The molecule has 1 aliphatic heterocycles. The van der Waals surface area contributed by atoms with Crippen LogP contribution in [0.5, 0.6) is 0 Å². The molecule has 1 aliphatic carbocycles. The van der Waals surface area contributed by atoms with Gasteiger partial charge in [-0.05, 0) is 37.2 Å². The molecule has 2 heterocycles. The Kier molecular flexibility index (Phi) is 3.54. The van der Waals surface area contributed by atoms with Gasteiger partial charge in [0, 0.05) is 23.3 Å². The van der Waals surface area contributed by atoms with E-state index in [0.717, 1.165) is 24.8 Å². The topological polar surface area (TPSA) is 57.6 Å². The van der Waals surface area contributed by atoms with Crippen molar-refractivity contribution in [3.63, 3.8) is 0 Å². The van der Waals surface area contributed by atoms with E-state index in [1.807, 2.05) is 5.38 Å². The number of likely N-dealkylation sites (tertiary alicyclic amines) is 1. The first kappa shape index (κ1) is 13.6. The summed E-state index contributed by atoms with van der Waals surface area (Å²) in [6.45, 7) is 3.17. The highest BCUT2D eigenvalue weighted by Gasteiger charge is 2.33. The number of carboxylic acid groups (broad SMARTS) is 1. The zero-order valence-corrected chi connectivity index (χ0v) is 12.4. The molecular weight excluding hydrogens is 274 g/mol. The number of rotatable bonds is 2. The number of thiophene rings is 1. The molecule has 5 heteroatoms. The maximum atomic E-state index is 12.6. The molecule has 1 amide bonds. The Labute approximate surface area is 122 Å². The highest BCUT2D eigenvalue weighted by atomic mass is 32.1. The van der Waals surface area contributed by atoms with Gasteiger partial charge in [0.05, 0.1) is 11.5 Å². The van der Waals surface area contributed by atoms with E-state index in [9.17, 15) is 9.59 Å². The molecule has 0 bridgehead atoms. The monoisotopic (exact) mass is 293 g/mol. The first-order chi connectivity index (χ1) is 9.56. The van der Waals surface area contributed by atoms with Gasteiger partial charge in [-0.15, -0.1) is 11.3 Å². The number of hydrogen-bond donors (Lipinski definition) is 1. The highest BCUT2D eigenvalue weighted by Crippen LogP contribution is 2.34. The van der Waals surface area contributed by atoms with Crippen LogP contribution in [0.2, 0.25) is 0 Å². The molecule has 0 spiro atoms. The lowest BCUT2D eigenvalue weighted by Crippen LogP contribution is -2.30. The summed E-state index contributed by atoms with van der Waals surface area (Å²) in [7, 11) is 0. The van der Waals surface area contributed by atoms with Crippen molar-refractivity contribution in [1.82, 2.24) is 4.90 Å². The summed E-state index contributed by atoms with van der Waals surface area (Å²) in [5, 5.41) is 11.0. The molecule has 1 saturated heterocycles. The van der Waals surface area contributed by atoms with E-state index in [0.29, 0.717) is 25.4 Å². The number of amides is 1. The molecule has 2 aliphatic rings. The van der Waals surface area contributed by atoms with E-state index in [1.165, 1.54) is 10.4 Å². The van der Waals surface area contributed by atoms with Crippen LogP contribution >= 0.6 is 11.3 Å². The largest absolute Gasteiger partial charge is 0.481 e. The Hall–Kier alpha value is -1.36. The van der Waals surface area contributed by atoms with Gasteiger partial charge >= 0.3 is 5.97 Å². The van der Waals surface area contributed by atoms with Crippen molar-refractivity contribution < 1.29 is 14.7 Å². The minimum Gasteiger partial charge on any atom is -0.481 e. The molecule has 0 radical (unpaired) electrons. The van der Waals surface area contributed by atoms with Crippen molar-refractivity contribution in [2.75, 3.05) is 13.1 Å². The molecule has 0 saturated carbocycles. The zero-order valence-electron chi connectivity index (χ0n) is 11.6. The van der Waals surface area contributed by atoms with Crippen LogP contribution in [0.3, 0.4) is 0 Å². The summed E-state index contributed by atoms with van der Waals surface area (Å²) in [6, 6.07) is 0. The summed E-state index contributed by atoms with van der Waals surface area (Å²) in [6.07, 6.45) is 3.77. The van der Waals surface area contributed by atoms with Gasteiger partial charge in [-0.3, -0.25) is 9.59 Å². The van der Waals surface area contributed by atoms with Gasteiger partial charge in [0.15, 0.2) is 0 Å². The first-order valence-electron chi connectivity index (χ1n) is 7.17. The third-order valence-electron chi connectivity index (χ3n) is 4.46. The third-order valence-corrected chi connectivity index (χ3v) is 5.51. The van der Waals surface area contributed by atoms with Gasteiger partial charge in [0.25, 0.3) is 5.91 Å². The Morgan fingerprint density at radius 1 is 1.40 bits per heavy atom. The fourth-order valence-electron chi connectivity index (χ4n) is 3.17. The number of hydrogen-bond acceptors (Lipinski definition) is 3.